The van der Waals surface area contributed by atoms with Crippen molar-refractivity contribution in [2.45, 2.75) is 12.8 Å². The molecule has 1 rings (SSSR count). The van der Waals surface area contributed by atoms with Gasteiger partial charge in [-0.05, 0) is 27.1 Å². The number of alkyl halides is 2. The summed E-state index contributed by atoms with van der Waals surface area (Å²) in [6.45, 7) is 3.72. The van der Waals surface area contributed by atoms with Gasteiger partial charge in [0.1, 0.15) is 0 Å². The van der Waals surface area contributed by atoms with E-state index >= 15 is 0 Å². The van der Waals surface area contributed by atoms with Gasteiger partial charge in [-0.25, -0.2) is 8.78 Å². The van der Waals surface area contributed by atoms with E-state index in [1.165, 1.54) is 0 Å². The summed E-state index contributed by atoms with van der Waals surface area (Å²) >= 11 is 3.26. The van der Waals surface area contributed by atoms with Crippen molar-refractivity contribution < 1.29 is 8.78 Å². The molecule has 0 atom stereocenters. The molecule has 0 spiro atoms. The zero-order valence-corrected chi connectivity index (χ0v) is 8.81. The molecule has 0 radical (unpaired) electrons. The molecule has 0 aromatic carbocycles. The van der Waals surface area contributed by atoms with Crippen molar-refractivity contribution in [3.05, 3.63) is 34.6 Å². The molecule has 0 fully saturated rings. The van der Waals surface area contributed by atoms with Gasteiger partial charge in [-0.1, -0.05) is 6.58 Å². The predicted octanol–water partition coefficient (Wildman–Crippen LogP) is 3.26. The molecular weight excluding hydrogens is 240 g/mol. The van der Waals surface area contributed by atoms with Crippen LogP contribution < -0.4 is 0 Å². The summed E-state index contributed by atoms with van der Waals surface area (Å²) in [5, 5.41) is 0. The third-order valence-electron chi connectivity index (χ3n) is 1.73. The smallest absolute Gasteiger partial charge is 0.242 e. The maximum Gasteiger partial charge on any atom is 0.242 e. The molecular formula is C9H10BrF2N. The number of rotatable bonds is 2. The van der Waals surface area contributed by atoms with Gasteiger partial charge < -0.3 is 4.90 Å². The Kier molecular flexibility index (Phi) is 3.25. The van der Waals surface area contributed by atoms with E-state index < -0.39 is 6.43 Å². The van der Waals surface area contributed by atoms with Crippen LogP contribution in [0.2, 0.25) is 0 Å². The molecule has 1 nitrogen and oxygen atoms in total. The predicted molar refractivity (Wildman–Crippen MR) is 52.6 cm³/mol. The Balaban J connectivity index is 2.80. The van der Waals surface area contributed by atoms with Crippen molar-refractivity contribution in [3.8, 4) is 0 Å². The first-order valence-corrected chi connectivity index (χ1v) is 4.57. The minimum absolute atomic E-state index is 0.244. The topological polar surface area (TPSA) is 3.24 Å². The molecule has 0 saturated carbocycles. The molecule has 0 amide bonds. The first kappa shape index (κ1) is 10.4. The highest BCUT2D eigenvalue weighted by Gasteiger charge is 2.16. The molecule has 0 bridgehead atoms. The Bertz CT molecular complexity index is 281. The van der Waals surface area contributed by atoms with Crippen molar-refractivity contribution in [1.29, 1.82) is 0 Å². The molecule has 13 heavy (non-hydrogen) atoms. The molecule has 0 aromatic heterocycles. The maximum absolute atomic E-state index is 12.1. The van der Waals surface area contributed by atoms with Crippen LogP contribution >= 0.6 is 15.9 Å². The van der Waals surface area contributed by atoms with E-state index in [4.69, 9.17) is 0 Å². The summed E-state index contributed by atoms with van der Waals surface area (Å²) in [5.41, 5.74) is 1.21. The first-order valence-electron chi connectivity index (χ1n) is 3.78. The van der Waals surface area contributed by atoms with Crippen molar-refractivity contribution in [1.82, 2.24) is 4.90 Å². The van der Waals surface area contributed by atoms with Gasteiger partial charge in [-0.2, -0.15) is 0 Å². The summed E-state index contributed by atoms with van der Waals surface area (Å²) in [6, 6.07) is 0. The van der Waals surface area contributed by atoms with Crippen LogP contribution in [0.1, 0.15) is 6.42 Å². The first-order chi connectivity index (χ1) is 6.00. The second-order valence-corrected chi connectivity index (χ2v) is 3.72. The van der Waals surface area contributed by atoms with Crippen molar-refractivity contribution in [2.24, 2.45) is 0 Å². The highest BCUT2D eigenvalue weighted by atomic mass is 79.9. The average molecular weight is 250 g/mol. The van der Waals surface area contributed by atoms with Gasteiger partial charge in [-0.15, -0.1) is 0 Å². The molecule has 0 aliphatic carbocycles. The maximum atomic E-state index is 12.1. The fraction of sp³-hybridized carbons (Fsp3) is 0.333. The normalized spacial score (nSPS) is 17.6. The van der Waals surface area contributed by atoms with Gasteiger partial charge in [0.25, 0.3) is 0 Å². The lowest BCUT2D eigenvalue weighted by Gasteiger charge is -2.21. The number of hydrogen-bond donors (Lipinski definition) is 0. The van der Waals surface area contributed by atoms with Gasteiger partial charge >= 0.3 is 0 Å². The van der Waals surface area contributed by atoms with E-state index in [-0.39, 0.29) is 6.42 Å². The number of allylic oxidation sites excluding steroid dienone is 3. The summed E-state index contributed by atoms with van der Waals surface area (Å²) < 4.78 is 25.0. The van der Waals surface area contributed by atoms with E-state index in [0.29, 0.717) is 11.1 Å². The summed E-state index contributed by atoms with van der Waals surface area (Å²) in [7, 11) is 1.79. The quantitative estimate of drug-likeness (QED) is 0.727. The molecule has 1 heterocycles. The van der Waals surface area contributed by atoms with E-state index in [0.717, 1.165) is 4.48 Å². The van der Waals surface area contributed by atoms with Crippen LogP contribution in [-0.4, -0.2) is 18.4 Å². The summed E-state index contributed by atoms with van der Waals surface area (Å²) in [4.78, 5) is 1.73. The zero-order valence-electron chi connectivity index (χ0n) is 7.23. The van der Waals surface area contributed by atoms with Crippen LogP contribution in [0.15, 0.2) is 34.6 Å². The summed E-state index contributed by atoms with van der Waals surface area (Å²) in [5.74, 6) is 0. The second kappa shape index (κ2) is 4.05. The monoisotopic (exact) mass is 249 g/mol. The zero-order chi connectivity index (χ0) is 10.0. The molecule has 1 aliphatic heterocycles. The molecule has 0 saturated heterocycles. The Morgan fingerprint density at radius 3 is 2.69 bits per heavy atom. The average Bonchev–Trinajstić information content (AvgIpc) is 1.98. The lowest BCUT2D eigenvalue weighted by atomic mass is 10.0. The van der Waals surface area contributed by atoms with Gasteiger partial charge in [0.05, 0.1) is 0 Å². The van der Waals surface area contributed by atoms with Gasteiger partial charge in [-0.3, -0.25) is 0 Å². The Morgan fingerprint density at radius 2 is 2.15 bits per heavy atom. The fourth-order valence-corrected chi connectivity index (χ4v) is 1.69. The number of nitrogens with zero attached hydrogens (tertiary/aromatic N) is 1. The SMILES string of the molecule is C=C1C(Br)=CN(C)C=C1CC(F)F. The van der Waals surface area contributed by atoms with Crippen molar-refractivity contribution in [2.75, 3.05) is 7.05 Å². The third-order valence-corrected chi connectivity index (χ3v) is 2.41. The lowest BCUT2D eigenvalue weighted by Crippen LogP contribution is -2.11. The molecule has 4 heteroatoms. The van der Waals surface area contributed by atoms with Gasteiger partial charge in [0.15, 0.2) is 0 Å². The fourth-order valence-electron chi connectivity index (χ4n) is 1.11. The van der Waals surface area contributed by atoms with Crippen LogP contribution in [0.3, 0.4) is 0 Å². The molecule has 0 aromatic rings. The van der Waals surface area contributed by atoms with Gasteiger partial charge in [0.2, 0.25) is 6.43 Å². The standard InChI is InChI=1S/C9H10BrF2N/c1-6-7(3-9(11)12)4-13(2)5-8(6)10/h4-5,9H,1,3H2,2H3. The van der Waals surface area contributed by atoms with Gasteiger partial charge in [0, 0.05) is 30.4 Å². The lowest BCUT2D eigenvalue weighted by molar-refractivity contribution is 0.149. The molecule has 0 unspecified atom stereocenters. The Labute approximate surface area is 84.5 Å². The van der Waals surface area contributed by atoms with Crippen LogP contribution in [0, 0.1) is 0 Å². The Morgan fingerprint density at radius 1 is 1.54 bits per heavy atom. The van der Waals surface area contributed by atoms with Crippen molar-refractivity contribution in [3.63, 3.8) is 0 Å². The minimum Gasteiger partial charge on any atom is -0.356 e. The molecule has 72 valence electrons. The third kappa shape index (κ3) is 2.66. The van der Waals surface area contributed by atoms with Crippen molar-refractivity contribution >= 4 is 15.9 Å². The van der Waals surface area contributed by atoms with E-state index in [9.17, 15) is 8.78 Å². The van der Waals surface area contributed by atoms with Crippen LogP contribution in [0.25, 0.3) is 0 Å². The number of hydrogen-bond acceptors (Lipinski definition) is 1. The van der Waals surface area contributed by atoms with E-state index in [1.807, 2.05) is 0 Å². The minimum atomic E-state index is -2.32. The number of halogens is 3. The Hall–Kier alpha value is -0.640. The second-order valence-electron chi connectivity index (χ2n) is 2.87. The summed E-state index contributed by atoms with van der Waals surface area (Å²) in [6.07, 6.45) is 0.887. The highest BCUT2D eigenvalue weighted by molar-refractivity contribution is 9.12. The molecule has 1 aliphatic rings. The van der Waals surface area contributed by atoms with E-state index in [1.54, 1.807) is 24.3 Å². The highest BCUT2D eigenvalue weighted by Crippen LogP contribution is 2.30. The van der Waals surface area contributed by atoms with Crippen LogP contribution in [0.5, 0.6) is 0 Å². The molecule has 0 N–H and O–H groups in total. The van der Waals surface area contributed by atoms with E-state index in [2.05, 4.69) is 22.5 Å². The van der Waals surface area contributed by atoms with Crippen LogP contribution in [0.4, 0.5) is 8.78 Å². The largest absolute Gasteiger partial charge is 0.356 e. The van der Waals surface area contributed by atoms with Crippen LogP contribution in [-0.2, 0) is 0 Å².